The van der Waals surface area contributed by atoms with E-state index in [0.29, 0.717) is 18.9 Å². The predicted molar refractivity (Wildman–Crippen MR) is 64.6 cm³/mol. The van der Waals surface area contributed by atoms with Crippen molar-refractivity contribution in [1.29, 1.82) is 0 Å². The fourth-order valence-electron chi connectivity index (χ4n) is 1.52. The van der Waals surface area contributed by atoms with E-state index in [1.807, 2.05) is 11.9 Å². The molecule has 0 aromatic heterocycles. The first-order chi connectivity index (χ1) is 7.15. The second-order valence-electron chi connectivity index (χ2n) is 4.24. The van der Waals surface area contributed by atoms with Crippen LogP contribution in [-0.2, 0) is 4.79 Å². The molecule has 0 saturated carbocycles. The van der Waals surface area contributed by atoms with Crippen molar-refractivity contribution in [3.63, 3.8) is 0 Å². The van der Waals surface area contributed by atoms with E-state index in [1.165, 1.54) is 12.8 Å². The minimum atomic E-state index is 0.239. The van der Waals surface area contributed by atoms with Crippen molar-refractivity contribution in [2.75, 3.05) is 20.1 Å². The third kappa shape index (κ3) is 6.50. The molecular formula is C12H26N2O. The Morgan fingerprint density at radius 3 is 2.47 bits per heavy atom. The number of rotatable bonds is 8. The van der Waals surface area contributed by atoms with Gasteiger partial charge in [-0.3, -0.25) is 4.79 Å². The molecule has 1 atom stereocenters. The van der Waals surface area contributed by atoms with E-state index < -0.39 is 0 Å². The molecule has 15 heavy (non-hydrogen) atoms. The van der Waals surface area contributed by atoms with Crippen LogP contribution in [0.1, 0.15) is 46.0 Å². The summed E-state index contributed by atoms with van der Waals surface area (Å²) in [6.07, 6.45) is 5.10. The summed E-state index contributed by atoms with van der Waals surface area (Å²) < 4.78 is 0. The number of unbranched alkanes of at least 4 members (excludes halogenated alkanes) is 2. The van der Waals surface area contributed by atoms with Crippen LogP contribution in [0.5, 0.6) is 0 Å². The number of hydrogen-bond acceptors (Lipinski definition) is 2. The van der Waals surface area contributed by atoms with E-state index in [4.69, 9.17) is 5.73 Å². The van der Waals surface area contributed by atoms with Crippen molar-refractivity contribution in [3.05, 3.63) is 0 Å². The monoisotopic (exact) mass is 214 g/mol. The Morgan fingerprint density at radius 1 is 1.33 bits per heavy atom. The Kier molecular flexibility index (Phi) is 8.38. The van der Waals surface area contributed by atoms with E-state index in [9.17, 15) is 4.79 Å². The summed E-state index contributed by atoms with van der Waals surface area (Å²) in [4.78, 5) is 13.6. The van der Waals surface area contributed by atoms with Gasteiger partial charge in [-0.15, -0.1) is 0 Å². The maximum absolute atomic E-state index is 11.7. The average molecular weight is 214 g/mol. The van der Waals surface area contributed by atoms with Gasteiger partial charge in [0.05, 0.1) is 0 Å². The van der Waals surface area contributed by atoms with Crippen LogP contribution < -0.4 is 5.73 Å². The summed E-state index contributed by atoms with van der Waals surface area (Å²) in [7, 11) is 1.89. The first-order valence-electron chi connectivity index (χ1n) is 6.09. The minimum absolute atomic E-state index is 0.239. The van der Waals surface area contributed by atoms with Crippen LogP contribution in [0.4, 0.5) is 0 Å². The van der Waals surface area contributed by atoms with Gasteiger partial charge in [-0.2, -0.15) is 0 Å². The number of carbonyl (C=O) groups excluding carboxylic acids is 1. The van der Waals surface area contributed by atoms with Gasteiger partial charge >= 0.3 is 0 Å². The molecule has 1 amide bonds. The number of hydrogen-bond donors (Lipinski definition) is 1. The Morgan fingerprint density at radius 2 is 2.00 bits per heavy atom. The largest absolute Gasteiger partial charge is 0.346 e. The fourth-order valence-corrected chi connectivity index (χ4v) is 1.52. The molecule has 2 N–H and O–H groups in total. The third-order valence-corrected chi connectivity index (χ3v) is 2.90. The minimum Gasteiger partial charge on any atom is -0.346 e. The summed E-state index contributed by atoms with van der Waals surface area (Å²) in [5.74, 6) is 0.592. The van der Waals surface area contributed by atoms with Crippen LogP contribution in [0.15, 0.2) is 0 Å². The lowest BCUT2D eigenvalue weighted by atomic mass is 10.0. The Bertz CT molecular complexity index is 167. The SMILES string of the molecule is CCCCCN(C)C(=O)CC(CC)CN. The molecule has 0 radical (unpaired) electrons. The van der Waals surface area contributed by atoms with Gasteiger partial charge in [-0.1, -0.05) is 33.1 Å². The second-order valence-corrected chi connectivity index (χ2v) is 4.24. The smallest absolute Gasteiger partial charge is 0.222 e. The fraction of sp³-hybridized carbons (Fsp3) is 0.917. The van der Waals surface area contributed by atoms with Crippen molar-refractivity contribution < 1.29 is 4.79 Å². The summed E-state index contributed by atoms with van der Waals surface area (Å²) in [5, 5.41) is 0. The molecule has 0 heterocycles. The molecule has 0 fully saturated rings. The molecule has 0 aliphatic carbocycles. The topological polar surface area (TPSA) is 46.3 Å². The highest BCUT2D eigenvalue weighted by Gasteiger charge is 2.13. The van der Waals surface area contributed by atoms with E-state index in [1.54, 1.807) is 0 Å². The molecule has 0 saturated heterocycles. The maximum atomic E-state index is 11.7. The normalized spacial score (nSPS) is 12.5. The molecule has 0 bridgehead atoms. The number of amides is 1. The number of nitrogens with two attached hydrogens (primary N) is 1. The van der Waals surface area contributed by atoms with Crippen molar-refractivity contribution in [2.45, 2.75) is 46.0 Å². The van der Waals surface area contributed by atoms with Crippen molar-refractivity contribution >= 4 is 5.91 Å². The van der Waals surface area contributed by atoms with E-state index in [0.717, 1.165) is 19.4 Å². The van der Waals surface area contributed by atoms with Crippen molar-refractivity contribution in [3.8, 4) is 0 Å². The summed E-state index contributed by atoms with van der Waals surface area (Å²) >= 11 is 0. The van der Waals surface area contributed by atoms with Gasteiger partial charge in [0.25, 0.3) is 0 Å². The highest BCUT2D eigenvalue weighted by molar-refractivity contribution is 5.76. The Labute approximate surface area is 94.0 Å². The zero-order chi connectivity index (χ0) is 11.7. The Balaban J connectivity index is 3.77. The molecule has 0 aromatic rings. The molecule has 0 aliphatic heterocycles. The van der Waals surface area contributed by atoms with Gasteiger partial charge in [-0.25, -0.2) is 0 Å². The Hall–Kier alpha value is -0.570. The van der Waals surface area contributed by atoms with Crippen LogP contribution in [0.25, 0.3) is 0 Å². The van der Waals surface area contributed by atoms with E-state index >= 15 is 0 Å². The quantitative estimate of drug-likeness (QED) is 0.628. The van der Waals surface area contributed by atoms with Gasteiger partial charge in [-0.05, 0) is 18.9 Å². The van der Waals surface area contributed by atoms with Crippen LogP contribution in [-0.4, -0.2) is 30.9 Å². The lowest BCUT2D eigenvalue weighted by Crippen LogP contribution is -2.31. The zero-order valence-electron chi connectivity index (χ0n) is 10.5. The van der Waals surface area contributed by atoms with E-state index in [2.05, 4.69) is 13.8 Å². The van der Waals surface area contributed by atoms with Gasteiger partial charge < -0.3 is 10.6 Å². The highest BCUT2D eigenvalue weighted by atomic mass is 16.2. The van der Waals surface area contributed by atoms with Crippen molar-refractivity contribution in [2.24, 2.45) is 11.7 Å². The van der Waals surface area contributed by atoms with Crippen molar-refractivity contribution in [1.82, 2.24) is 4.90 Å². The van der Waals surface area contributed by atoms with Crippen LogP contribution >= 0.6 is 0 Å². The van der Waals surface area contributed by atoms with Gasteiger partial charge in [0.15, 0.2) is 0 Å². The van der Waals surface area contributed by atoms with E-state index in [-0.39, 0.29) is 5.91 Å². The van der Waals surface area contributed by atoms with Gasteiger partial charge in [0.2, 0.25) is 5.91 Å². The second kappa shape index (κ2) is 8.72. The first-order valence-corrected chi connectivity index (χ1v) is 6.09. The standard InChI is InChI=1S/C12H26N2O/c1-4-6-7-8-14(3)12(15)9-11(5-2)10-13/h11H,4-10,13H2,1-3H3. The molecule has 0 spiro atoms. The lowest BCUT2D eigenvalue weighted by Gasteiger charge is -2.20. The molecule has 0 rings (SSSR count). The molecule has 3 nitrogen and oxygen atoms in total. The molecular weight excluding hydrogens is 188 g/mol. The highest BCUT2D eigenvalue weighted by Crippen LogP contribution is 2.08. The predicted octanol–water partition coefficient (Wildman–Crippen LogP) is 2.01. The number of carbonyl (C=O) groups is 1. The summed E-state index contributed by atoms with van der Waals surface area (Å²) in [6.45, 7) is 5.75. The molecule has 3 heteroatoms. The molecule has 0 aromatic carbocycles. The first kappa shape index (κ1) is 14.4. The molecule has 90 valence electrons. The molecule has 0 aliphatic rings. The van der Waals surface area contributed by atoms with Gasteiger partial charge in [0, 0.05) is 20.0 Å². The lowest BCUT2D eigenvalue weighted by molar-refractivity contribution is -0.130. The van der Waals surface area contributed by atoms with Crippen LogP contribution in [0.3, 0.4) is 0 Å². The van der Waals surface area contributed by atoms with Gasteiger partial charge in [0.1, 0.15) is 0 Å². The summed E-state index contributed by atoms with van der Waals surface area (Å²) in [6, 6.07) is 0. The number of nitrogens with zero attached hydrogens (tertiary/aromatic N) is 1. The molecule has 1 unspecified atom stereocenters. The summed E-state index contributed by atoms with van der Waals surface area (Å²) in [5.41, 5.74) is 5.58. The van der Waals surface area contributed by atoms with Crippen LogP contribution in [0.2, 0.25) is 0 Å². The zero-order valence-corrected chi connectivity index (χ0v) is 10.5. The van der Waals surface area contributed by atoms with Crippen LogP contribution in [0, 0.1) is 5.92 Å². The maximum Gasteiger partial charge on any atom is 0.222 e. The third-order valence-electron chi connectivity index (χ3n) is 2.90. The average Bonchev–Trinajstić information content (AvgIpc) is 2.25.